The number of H-pyrrole nitrogens is 1. The monoisotopic (exact) mass is 440 g/mol. The number of carbonyl (C=O) groups is 2. The molecule has 0 saturated carbocycles. The maximum absolute atomic E-state index is 12.5. The average molecular weight is 441 g/mol. The second kappa shape index (κ2) is 8.69. The molecule has 0 atom stereocenters. The van der Waals surface area contributed by atoms with Crippen molar-refractivity contribution in [2.24, 2.45) is 0 Å². The first-order chi connectivity index (χ1) is 14.9. The quantitative estimate of drug-likeness (QED) is 0.535. The van der Waals surface area contributed by atoms with Crippen molar-refractivity contribution in [2.75, 3.05) is 23.4 Å². The van der Waals surface area contributed by atoms with E-state index < -0.39 is 5.97 Å². The fraction of sp³-hybridized carbons (Fsp3) is 0.227. The molecule has 3 N–H and O–H groups in total. The highest BCUT2D eigenvalue weighted by molar-refractivity contribution is 6.30. The lowest BCUT2D eigenvalue weighted by atomic mass is 10.1. The molecule has 0 fully saturated rings. The zero-order valence-electron chi connectivity index (χ0n) is 16.8. The van der Waals surface area contributed by atoms with Crippen LogP contribution in [0.4, 0.5) is 11.4 Å². The Hall–Kier alpha value is -3.52. The molecule has 9 heteroatoms. The SMILES string of the molecule is CCc1[nH]c(C(=O)Nc2ccc3c(c2)OCCN3Cc2ccc(C(=O)O)cc2)nc1Cl. The number of benzene rings is 2. The molecule has 1 aromatic heterocycles. The summed E-state index contributed by atoms with van der Waals surface area (Å²) >= 11 is 6.02. The second-order valence-corrected chi connectivity index (χ2v) is 7.48. The van der Waals surface area contributed by atoms with E-state index in [4.69, 9.17) is 21.4 Å². The van der Waals surface area contributed by atoms with Gasteiger partial charge in [-0.15, -0.1) is 0 Å². The third-order valence-electron chi connectivity index (χ3n) is 5.05. The first-order valence-electron chi connectivity index (χ1n) is 9.84. The molecule has 0 bridgehead atoms. The number of ether oxygens (including phenoxy) is 1. The number of carboxylic acid groups (broad SMARTS) is 1. The number of imidazole rings is 1. The van der Waals surface area contributed by atoms with Crippen LogP contribution in [0.2, 0.25) is 5.15 Å². The zero-order valence-corrected chi connectivity index (χ0v) is 17.6. The maximum atomic E-state index is 12.5. The van der Waals surface area contributed by atoms with Crippen molar-refractivity contribution < 1.29 is 19.4 Å². The Morgan fingerprint density at radius 2 is 2.03 bits per heavy atom. The summed E-state index contributed by atoms with van der Waals surface area (Å²) in [4.78, 5) is 32.7. The standard InChI is InChI=1S/C22H21ClN4O4/c1-2-16-19(23)26-20(25-16)21(28)24-15-7-8-17-18(11-15)31-10-9-27(17)12-13-3-5-14(6-4-13)22(29)30/h3-8,11H,2,9-10,12H2,1H3,(H,24,28)(H,25,26)(H,29,30). The zero-order chi connectivity index (χ0) is 22.0. The van der Waals surface area contributed by atoms with Gasteiger partial charge in [0.25, 0.3) is 5.91 Å². The lowest BCUT2D eigenvalue weighted by Gasteiger charge is -2.31. The van der Waals surface area contributed by atoms with E-state index in [0.717, 1.165) is 11.3 Å². The van der Waals surface area contributed by atoms with E-state index in [0.29, 0.717) is 48.4 Å². The molecule has 0 spiro atoms. The molecule has 0 aliphatic carbocycles. The van der Waals surface area contributed by atoms with Crippen molar-refractivity contribution in [2.45, 2.75) is 19.9 Å². The number of carbonyl (C=O) groups excluding carboxylic acids is 1. The van der Waals surface area contributed by atoms with Gasteiger partial charge < -0.3 is 25.0 Å². The molecule has 1 amide bonds. The first-order valence-corrected chi connectivity index (χ1v) is 10.2. The number of fused-ring (bicyclic) bond motifs is 1. The van der Waals surface area contributed by atoms with E-state index in [-0.39, 0.29) is 17.3 Å². The Morgan fingerprint density at radius 1 is 1.26 bits per heavy atom. The van der Waals surface area contributed by atoms with Gasteiger partial charge in [-0.3, -0.25) is 4.79 Å². The second-order valence-electron chi connectivity index (χ2n) is 7.12. The van der Waals surface area contributed by atoms with Gasteiger partial charge in [0.05, 0.1) is 23.5 Å². The van der Waals surface area contributed by atoms with E-state index in [9.17, 15) is 9.59 Å². The Kier molecular flexibility index (Phi) is 5.81. The molecule has 2 aromatic carbocycles. The molecule has 160 valence electrons. The largest absolute Gasteiger partial charge is 0.489 e. The molecule has 2 heterocycles. The molecule has 1 aliphatic rings. The van der Waals surface area contributed by atoms with Gasteiger partial charge in [-0.05, 0) is 36.2 Å². The summed E-state index contributed by atoms with van der Waals surface area (Å²) in [6, 6.07) is 12.3. The van der Waals surface area contributed by atoms with Crippen molar-refractivity contribution >= 4 is 34.9 Å². The van der Waals surface area contributed by atoms with Crippen molar-refractivity contribution in [3.8, 4) is 5.75 Å². The number of rotatable bonds is 6. The number of halogens is 1. The van der Waals surface area contributed by atoms with Gasteiger partial charge >= 0.3 is 5.97 Å². The van der Waals surface area contributed by atoms with Crippen LogP contribution in [0, 0.1) is 0 Å². The van der Waals surface area contributed by atoms with E-state index in [1.54, 1.807) is 24.3 Å². The van der Waals surface area contributed by atoms with Crippen molar-refractivity contribution in [3.63, 3.8) is 0 Å². The van der Waals surface area contributed by atoms with Gasteiger partial charge in [0, 0.05) is 18.3 Å². The smallest absolute Gasteiger partial charge is 0.335 e. The summed E-state index contributed by atoms with van der Waals surface area (Å²) in [5.74, 6) is -0.502. The van der Waals surface area contributed by atoms with Gasteiger partial charge in [-0.2, -0.15) is 0 Å². The molecule has 0 radical (unpaired) electrons. The predicted octanol–water partition coefficient (Wildman–Crippen LogP) is 3.98. The molecular formula is C22H21ClN4O4. The number of amides is 1. The Morgan fingerprint density at radius 3 is 2.71 bits per heavy atom. The van der Waals surface area contributed by atoms with Gasteiger partial charge in [0.15, 0.2) is 11.0 Å². The molecule has 4 rings (SSSR count). The number of nitrogens with zero attached hydrogens (tertiary/aromatic N) is 2. The van der Waals surface area contributed by atoms with E-state index in [2.05, 4.69) is 20.2 Å². The van der Waals surface area contributed by atoms with Crippen LogP contribution in [0.1, 0.15) is 39.2 Å². The van der Waals surface area contributed by atoms with Crippen LogP contribution in [0.25, 0.3) is 0 Å². The average Bonchev–Trinajstić information content (AvgIpc) is 3.15. The molecule has 8 nitrogen and oxygen atoms in total. The summed E-state index contributed by atoms with van der Waals surface area (Å²) in [6.07, 6.45) is 0.653. The van der Waals surface area contributed by atoms with Crippen LogP contribution in [0.15, 0.2) is 42.5 Å². The van der Waals surface area contributed by atoms with Gasteiger partial charge in [-0.25, -0.2) is 9.78 Å². The fourth-order valence-corrected chi connectivity index (χ4v) is 3.68. The minimum atomic E-state index is -0.944. The normalized spacial score (nSPS) is 12.8. The van der Waals surface area contributed by atoms with Crippen molar-refractivity contribution in [1.82, 2.24) is 9.97 Å². The minimum absolute atomic E-state index is 0.159. The topological polar surface area (TPSA) is 108 Å². The van der Waals surface area contributed by atoms with Crippen LogP contribution in [0.5, 0.6) is 5.75 Å². The number of aromatic nitrogens is 2. The van der Waals surface area contributed by atoms with Crippen LogP contribution in [0.3, 0.4) is 0 Å². The summed E-state index contributed by atoms with van der Waals surface area (Å²) < 4.78 is 5.80. The lowest BCUT2D eigenvalue weighted by molar-refractivity contribution is 0.0696. The lowest BCUT2D eigenvalue weighted by Crippen LogP contribution is -2.32. The number of aromatic amines is 1. The van der Waals surface area contributed by atoms with Crippen LogP contribution >= 0.6 is 11.6 Å². The molecule has 0 unspecified atom stereocenters. The van der Waals surface area contributed by atoms with Crippen molar-refractivity contribution in [1.29, 1.82) is 0 Å². The molecule has 3 aromatic rings. The highest BCUT2D eigenvalue weighted by Gasteiger charge is 2.20. The van der Waals surface area contributed by atoms with Crippen LogP contribution < -0.4 is 15.0 Å². The van der Waals surface area contributed by atoms with Crippen LogP contribution in [-0.4, -0.2) is 40.1 Å². The third kappa shape index (κ3) is 4.49. The number of aromatic carboxylic acids is 1. The first kappa shape index (κ1) is 20.7. The highest BCUT2D eigenvalue weighted by atomic mass is 35.5. The van der Waals surface area contributed by atoms with E-state index in [1.165, 1.54) is 0 Å². The molecule has 0 saturated heterocycles. The predicted molar refractivity (Wildman–Crippen MR) is 117 cm³/mol. The summed E-state index contributed by atoms with van der Waals surface area (Å²) in [7, 11) is 0. The minimum Gasteiger partial charge on any atom is -0.489 e. The Balaban J connectivity index is 1.48. The number of carboxylic acids is 1. The third-order valence-corrected chi connectivity index (χ3v) is 5.36. The summed E-state index contributed by atoms with van der Waals surface area (Å²) in [5.41, 5.74) is 3.46. The van der Waals surface area contributed by atoms with Gasteiger partial charge in [0.2, 0.25) is 0 Å². The fourth-order valence-electron chi connectivity index (χ4n) is 3.41. The maximum Gasteiger partial charge on any atom is 0.335 e. The number of aryl methyl sites for hydroxylation is 1. The molecule has 1 aliphatic heterocycles. The number of anilines is 2. The number of hydrogen-bond donors (Lipinski definition) is 3. The summed E-state index contributed by atoms with van der Waals surface area (Å²) in [6.45, 7) is 3.75. The van der Waals surface area contributed by atoms with E-state index >= 15 is 0 Å². The van der Waals surface area contributed by atoms with Gasteiger partial charge in [0.1, 0.15) is 12.4 Å². The van der Waals surface area contributed by atoms with Crippen LogP contribution in [-0.2, 0) is 13.0 Å². The molecule has 31 heavy (non-hydrogen) atoms. The van der Waals surface area contributed by atoms with Gasteiger partial charge in [-0.1, -0.05) is 30.7 Å². The molecular weight excluding hydrogens is 420 g/mol. The summed E-state index contributed by atoms with van der Waals surface area (Å²) in [5, 5.41) is 12.2. The van der Waals surface area contributed by atoms with Crippen molar-refractivity contribution in [3.05, 3.63) is 70.3 Å². The highest BCUT2D eigenvalue weighted by Crippen LogP contribution is 2.35. The number of nitrogens with one attached hydrogen (secondary N) is 2. The Bertz CT molecular complexity index is 1130. The van der Waals surface area contributed by atoms with E-state index in [1.807, 2.05) is 25.1 Å². The number of hydrogen-bond acceptors (Lipinski definition) is 5. The Labute approximate surface area is 183 Å².